The first-order chi connectivity index (χ1) is 16.2. The van der Waals surface area contributed by atoms with Gasteiger partial charge in [0.1, 0.15) is 17.4 Å². The van der Waals surface area contributed by atoms with Crippen LogP contribution >= 0.6 is 11.3 Å². The third-order valence-corrected chi connectivity index (χ3v) is 6.49. The fraction of sp³-hybridized carbons (Fsp3) is 0.308. The van der Waals surface area contributed by atoms with Crippen molar-refractivity contribution in [2.45, 2.75) is 39.2 Å². The highest BCUT2D eigenvalue weighted by molar-refractivity contribution is 7.16. The van der Waals surface area contributed by atoms with Crippen LogP contribution in [-0.4, -0.2) is 25.3 Å². The highest BCUT2D eigenvalue weighted by atomic mass is 32.1. The van der Waals surface area contributed by atoms with E-state index in [1.54, 1.807) is 23.8 Å². The molecule has 0 saturated carbocycles. The molecule has 33 heavy (non-hydrogen) atoms. The molecule has 0 atom stereocenters. The van der Waals surface area contributed by atoms with Crippen LogP contribution < -0.4 is 14.8 Å². The van der Waals surface area contributed by atoms with Gasteiger partial charge < -0.3 is 19.2 Å². The molecule has 6 nitrogen and oxygen atoms in total. The van der Waals surface area contributed by atoms with Crippen LogP contribution in [0.1, 0.15) is 51.9 Å². The Labute approximate surface area is 197 Å². The largest absolute Gasteiger partial charge is 0.490 e. The number of terminal acetylenes is 1. The Balaban J connectivity index is 1.59. The van der Waals surface area contributed by atoms with Crippen LogP contribution in [0.2, 0.25) is 0 Å². The summed E-state index contributed by atoms with van der Waals surface area (Å²) in [6, 6.07) is 9.23. The lowest BCUT2D eigenvalue weighted by atomic mass is 9.95. The fourth-order valence-electron chi connectivity index (χ4n) is 3.79. The predicted molar refractivity (Wildman–Crippen MR) is 130 cm³/mol. The zero-order valence-corrected chi connectivity index (χ0v) is 19.4. The third kappa shape index (κ3) is 5.47. The second-order valence-electron chi connectivity index (χ2n) is 7.54. The Morgan fingerprint density at radius 1 is 1.27 bits per heavy atom. The number of furan rings is 1. The summed E-state index contributed by atoms with van der Waals surface area (Å²) in [5, 5.41) is 3.70. The lowest BCUT2D eigenvalue weighted by molar-refractivity contribution is 0.0948. The molecule has 0 radical (unpaired) electrons. The highest BCUT2D eigenvalue weighted by Crippen LogP contribution is 2.40. The molecular weight excluding hydrogens is 436 g/mol. The average molecular weight is 463 g/mol. The van der Waals surface area contributed by atoms with E-state index in [1.807, 2.05) is 37.3 Å². The summed E-state index contributed by atoms with van der Waals surface area (Å²) in [5.74, 6) is 4.26. The molecule has 0 bridgehead atoms. The number of nitrogens with zero attached hydrogens (tertiary/aromatic N) is 1. The minimum Gasteiger partial charge on any atom is -0.490 e. The van der Waals surface area contributed by atoms with E-state index in [4.69, 9.17) is 25.3 Å². The van der Waals surface area contributed by atoms with E-state index in [2.05, 4.69) is 11.2 Å². The normalized spacial score (nSPS) is 12.8. The molecule has 4 rings (SSSR count). The van der Waals surface area contributed by atoms with Crippen LogP contribution in [0.3, 0.4) is 0 Å². The minimum atomic E-state index is -0.119. The Morgan fingerprint density at radius 3 is 2.94 bits per heavy atom. The molecule has 3 aromatic rings. The number of carbonyl (C=O) groups excluding carboxylic acids is 1. The zero-order chi connectivity index (χ0) is 23.0. The van der Waals surface area contributed by atoms with Gasteiger partial charge in [-0.3, -0.25) is 4.79 Å². The maximum Gasteiger partial charge on any atom is 0.255 e. The van der Waals surface area contributed by atoms with Crippen molar-refractivity contribution in [1.29, 1.82) is 0 Å². The topological polar surface area (TPSA) is 73.1 Å². The van der Waals surface area contributed by atoms with Gasteiger partial charge in [0.25, 0.3) is 5.91 Å². The van der Waals surface area contributed by atoms with Gasteiger partial charge >= 0.3 is 0 Å². The first kappa shape index (κ1) is 22.7. The Hall–Kier alpha value is -3.50. The van der Waals surface area contributed by atoms with Crippen LogP contribution in [-0.2, 0) is 19.4 Å². The summed E-state index contributed by atoms with van der Waals surface area (Å²) in [6.45, 7) is 2.93. The number of nitrogens with one attached hydrogen (secondary N) is 1. The van der Waals surface area contributed by atoms with E-state index in [1.165, 1.54) is 4.88 Å². The van der Waals surface area contributed by atoms with Gasteiger partial charge in [-0.15, -0.1) is 17.8 Å². The molecule has 1 aliphatic carbocycles. The first-order valence-corrected chi connectivity index (χ1v) is 11.8. The summed E-state index contributed by atoms with van der Waals surface area (Å²) in [4.78, 5) is 19.1. The van der Waals surface area contributed by atoms with Gasteiger partial charge in [-0.25, -0.2) is 4.99 Å². The van der Waals surface area contributed by atoms with Crippen molar-refractivity contribution >= 4 is 28.5 Å². The lowest BCUT2D eigenvalue weighted by Crippen LogP contribution is -2.23. The fourth-order valence-corrected chi connectivity index (χ4v) is 5.02. The Bertz CT molecular complexity index is 1170. The monoisotopic (exact) mass is 462 g/mol. The van der Waals surface area contributed by atoms with E-state index in [0.29, 0.717) is 36.0 Å². The van der Waals surface area contributed by atoms with Crippen molar-refractivity contribution in [3.05, 3.63) is 63.9 Å². The van der Waals surface area contributed by atoms with E-state index in [9.17, 15) is 4.79 Å². The number of fused-ring (bicyclic) bond motifs is 1. The molecule has 1 aromatic carbocycles. The molecule has 2 heterocycles. The van der Waals surface area contributed by atoms with E-state index in [0.717, 1.165) is 41.8 Å². The summed E-state index contributed by atoms with van der Waals surface area (Å²) >= 11 is 1.60. The van der Waals surface area contributed by atoms with Gasteiger partial charge in [0.15, 0.2) is 11.5 Å². The van der Waals surface area contributed by atoms with Gasteiger partial charge in [-0.2, -0.15) is 0 Å². The number of rotatable bonds is 9. The summed E-state index contributed by atoms with van der Waals surface area (Å²) in [5.41, 5.74) is 2.65. The quantitative estimate of drug-likeness (QED) is 0.345. The van der Waals surface area contributed by atoms with Gasteiger partial charge in [0.2, 0.25) is 0 Å². The second kappa shape index (κ2) is 10.9. The molecule has 7 heteroatoms. The smallest absolute Gasteiger partial charge is 0.255 e. The lowest BCUT2D eigenvalue weighted by Gasteiger charge is -2.12. The van der Waals surface area contributed by atoms with Gasteiger partial charge in [-0.1, -0.05) is 5.92 Å². The third-order valence-electron chi connectivity index (χ3n) is 5.29. The molecule has 0 fully saturated rings. The summed E-state index contributed by atoms with van der Waals surface area (Å²) < 4.78 is 16.6. The molecular formula is C26H26N2O4S. The van der Waals surface area contributed by atoms with Crippen LogP contribution in [0, 0.1) is 12.3 Å². The first-order valence-electron chi connectivity index (χ1n) is 11.0. The summed E-state index contributed by atoms with van der Waals surface area (Å²) in [6.07, 6.45) is 12.8. The SMILES string of the molecule is C#CCOc1ccc(C=Nc2sc3c(c2C(=O)NCc2ccco2)CCCC3)cc1OCC. The van der Waals surface area contributed by atoms with E-state index >= 15 is 0 Å². The predicted octanol–water partition coefficient (Wildman–Crippen LogP) is 5.31. The molecule has 170 valence electrons. The molecule has 1 N–H and O–H groups in total. The molecule has 0 spiro atoms. The van der Waals surface area contributed by atoms with Gasteiger partial charge in [0.05, 0.1) is 25.0 Å². The number of benzene rings is 1. The highest BCUT2D eigenvalue weighted by Gasteiger charge is 2.25. The molecule has 0 unspecified atom stereocenters. The molecule has 2 aromatic heterocycles. The number of thiophene rings is 1. The molecule has 0 saturated heterocycles. The number of hydrogen-bond donors (Lipinski definition) is 1. The van der Waals surface area contributed by atoms with Crippen molar-refractivity contribution in [3.63, 3.8) is 0 Å². The van der Waals surface area contributed by atoms with Gasteiger partial charge in [-0.05, 0) is 74.1 Å². The maximum absolute atomic E-state index is 13.1. The number of amides is 1. The molecule has 1 aliphatic rings. The number of aliphatic imine (C=N–C) groups is 1. The van der Waals surface area contributed by atoms with Crippen LogP contribution in [0.25, 0.3) is 0 Å². The van der Waals surface area contributed by atoms with Gasteiger partial charge in [0, 0.05) is 11.1 Å². The van der Waals surface area contributed by atoms with Crippen molar-refractivity contribution in [1.82, 2.24) is 5.32 Å². The van der Waals surface area contributed by atoms with Crippen molar-refractivity contribution in [3.8, 4) is 23.8 Å². The van der Waals surface area contributed by atoms with Crippen molar-refractivity contribution in [2.75, 3.05) is 13.2 Å². The summed E-state index contributed by atoms with van der Waals surface area (Å²) in [7, 11) is 0. The van der Waals surface area contributed by atoms with Crippen molar-refractivity contribution in [2.24, 2.45) is 4.99 Å². The maximum atomic E-state index is 13.1. The zero-order valence-electron chi connectivity index (χ0n) is 18.6. The number of carbonyl (C=O) groups is 1. The van der Waals surface area contributed by atoms with Crippen LogP contribution in [0.4, 0.5) is 5.00 Å². The number of hydrogen-bond acceptors (Lipinski definition) is 6. The van der Waals surface area contributed by atoms with Crippen LogP contribution in [0.5, 0.6) is 11.5 Å². The second-order valence-corrected chi connectivity index (χ2v) is 8.63. The average Bonchev–Trinajstić information content (AvgIpc) is 3.48. The number of ether oxygens (including phenoxy) is 2. The van der Waals surface area contributed by atoms with Crippen LogP contribution in [0.15, 0.2) is 46.0 Å². The van der Waals surface area contributed by atoms with E-state index < -0.39 is 0 Å². The van der Waals surface area contributed by atoms with Crippen molar-refractivity contribution < 1.29 is 18.7 Å². The Morgan fingerprint density at radius 2 is 2.15 bits per heavy atom. The number of aryl methyl sites for hydroxylation is 1. The molecule has 1 amide bonds. The standard InChI is InChI=1S/C26H26N2O4S/c1-3-13-32-21-12-11-18(15-22(21)30-4-2)16-28-26-24(20-9-5-6-10-23(20)33-26)25(29)27-17-19-8-7-14-31-19/h1,7-8,11-12,14-16H,4-6,9-10,13,17H2,2H3,(H,27,29). The Kier molecular flexibility index (Phi) is 7.48. The molecule has 0 aliphatic heterocycles. The minimum absolute atomic E-state index is 0.119. The van der Waals surface area contributed by atoms with E-state index in [-0.39, 0.29) is 12.5 Å².